The second-order valence-corrected chi connectivity index (χ2v) is 6.71. The maximum Gasteiger partial charge on any atom is 0.416 e. The van der Waals surface area contributed by atoms with Crippen LogP contribution in [0.4, 0.5) is 24.8 Å². The highest BCUT2D eigenvalue weighted by Gasteiger charge is 2.31. The van der Waals surface area contributed by atoms with Gasteiger partial charge in [-0.25, -0.2) is 4.98 Å². The van der Waals surface area contributed by atoms with E-state index in [1.807, 2.05) is 6.92 Å². The van der Waals surface area contributed by atoms with Gasteiger partial charge in [0, 0.05) is 18.6 Å². The molecule has 10 heteroatoms. The zero-order valence-corrected chi connectivity index (χ0v) is 16.3. The summed E-state index contributed by atoms with van der Waals surface area (Å²) in [5.74, 6) is 0.911. The molecule has 0 amide bonds. The summed E-state index contributed by atoms with van der Waals surface area (Å²) in [6.07, 6.45) is -1.92. The van der Waals surface area contributed by atoms with Crippen molar-refractivity contribution < 1.29 is 17.9 Å². The van der Waals surface area contributed by atoms with Crippen molar-refractivity contribution >= 4 is 28.9 Å². The summed E-state index contributed by atoms with van der Waals surface area (Å²) in [6, 6.07) is 3.09. The van der Waals surface area contributed by atoms with Gasteiger partial charge in [0.25, 0.3) is 0 Å². The van der Waals surface area contributed by atoms with Gasteiger partial charge in [-0.15, -0.1) is 0 Å². The first-order valence-electron chi connectivity index (χ1n) is 8.59. The number of methoxy groups -OCH3 is 1. The predicted octanol–water partition coefficient (Wildman–Crippen LogP) is 4.99. The topological polar surface area (TPSA) is 64.3 Å². The average molecular weight is 414 g/mol. The molecule has 1 N–H and O–H groups in total. The van der Waals surface area contributed by atoms with Crippen LogP contribution in [-0.4, -0.2) is 33.3 Å². The van der Waals surface area contributed by atoms with E-state index in [9.17, 15) is 13.2 Å². The van der Waals surface area contributed by atoms with Gasteiger partial charge < -0.3 is 10.1 Å². The normalized spacial score (nSPS) is 13.1. The van der Waals surface area contributed by atoms with Crippen molar-refractivity contribution in [3.8, 4) is 0 Å². The molecule has 2 aromatic heterocycles. The second kappa shape index (κ2) is 7.92. The highest BCUT2D eigenvalue weighted by Crippen LogP contribution is 2.35. The fourth-order valence-electron chi connectivity index (χ4n) is 2.91. The van der Waals surface area contributed by atoms with Gasteiger partial charge in [-0.1, -0.05) is 18.5 Å². The first-order valence-corrected chi connectivity index (χ1v) is 8.97. The molecule has 6 nitrogen and oxygen atoms in total. The molecule has 0 saturated carbocycles. The SMILES string of the molecule is CCC(COC)c1cnn2c(Nc3ccc(C(F)(F)F)cc3Cl)nc(C)nc12. The minimum absolute atomic E-state index is 0.0718. The minimum atomic E-state index is -4.46. The van der Waals surface area contributed by atoms with Crippen LogP contribution in [0.1, 0.15) is 36.2 Å². The number of hydrogen-bond acceptors (Lipinski definition) is 5. The van der Waals surface area contributed by atoms with E-state index in [1.54, 1.807) is 20.2 Å². The monoisotopic (exact) mass is 413 g/mol. The fraction of sp³-hybridized carbons (Fsp3) is 0.389. The third kappa shape index (κ3) is 4.05. The Labute approximate surface area is 164 Å². The van der Waals surface area contributed by atoms with Gasteiger partial charge in [-0.2, -0.15) is 27.8 Å². The summed E-state index contributed by atoms with van der Waals surface area (Å²) in [7, 11) is 1.63. The lowest BCUT2D eigenvalue weighted by Crippen LogP contribution is -2.09. The number of fused-ring (bicyclic) bond motifs is 1. The lowest BCUT2D eigenvalue weighted by Gasteiger charge is -2.14. The molecule has 1 unspecified atom stereocenters. The van der Waals surface area contributed by atoms with Crippen LogP contribution in [-0.2, 0) is 10.9 Å². The van der Waals surface area contributed by atoms with Gasteiger partial charge in [-0.3, -0.25) is 0 Å². The first kappa shape index (κ1) is 20.3. The van der Waals surface area contributed by atoms with E-state index in [2.05, 4.69) is 20.4 Å². The van der Waals surface area contributed by atoms with Crippen molar-refractivity contribution in [1.29, 1.82) is 0 Å². The highest BCUT2D eigenvalue weighted by molar-refractivity contribution is 6.33. The summed E-state index contributed by atoms with van der Waals surface area (Å²) in [5, 5.41) is 7.23. The number of benzene rings is 1. The van der Waals surface area contributed by atoms with Crippen molar-refractivity contribution in [1.82, 2.24) is 19.6 Å². The number of halogens is 4. The molecule has 2 heterocycles. The van der Waals surface area contributed by atoms with Crippen LogP contribution in [0.2, 0.25) is 5.02 Å². The number of aromatic nitrogens is 4. The van der Waals surface area contributed by atoms with E-state index in [-0.39, 0.29) is 16.6 Å². The molecule has 0 fully saturated rings. The molecule has 0 bridgehead atoms. The Morgan fingerprint density at radius 1 is 1.29 bits per heavy atom. The van der Waals surface area contributed by atoms with Gasteiger partial charge in [0.2, 0.25) is 5.95 Å². The number of nitrogens with zero attached hydrogens (tertiary/aromatic N) is 4. The highest BCUT2D eigenvalue weighted by atomic mass is 35.5. The van der Waals surface area contributed by atoms with Crippen LogP contribution in [0.25, 0.3) is 5.65 Å². The zero-order valence-electron chi connectivity index (χ0n) is 15.5. The summed E-state index contributed by atoms with van der Waals surface area (Å²) in [4.78, 5) is 8.79. The van der Waals surface area contributed by atoms with E-state index in [0.29, 0.717) is 24.0 Å². The molecule has 0 aliphatic carbocycles. The van der Waals surface area contributed by atoms with Crippen LogP contribution < -0.4 is 5.32 Å². The summed E-state index contributed by atoms with van der Waals surface area (Å²) in [6.45, 7) is 4.30. The van der Waals surface area contributed by atoms with E-state index in [4.69, 9.17) is 16.3 Å². The van der Waals surface area contributed by atoms with E-state index in [1.165, 1.54) is 10.6 Å². The molecule has 0 aliphatic heterocycles. The smallest absolute Gasteiger partial charge is 0.384 e. The van der Waals surface area contributed by atoms with Gasteiger partial charge in [0.15, 0.2) is 5.65 Å². The molecular formula is C18H19ClF3N5O. The molecule has 0 radical (unpaired) electrons. The molecular weight excluding hydrogens is 395 g/mol. The number of rotatable bonds is 6. The van der Waals surface area contributed by atoms with Crippen molar-refractivity contribution in [2.75, 3.05) is 19.0 Å². The Morgan fingerprint density at radius 3 is 2.64 bits per heavy atom. The van der Waals surface area contributed by atoms with Gasteiger partial charge in [-0.05, 0) is 31.5 Å². The largest absolute Gasteiger partial charge is 0.416 e. The van der Waals surface area contributed by atoms with Crippen molar-refractivity contribution in [3.63, 3.8) is 0 Å². The summed E-state index contributed by atoms with van der Waals surface area (Å²) < 4.78 is 45.3. The third-order valence-electron chi connectivity index (χ3n) is 4.35. The maximum atomic E-state index is 12.8. The molecule has 150 valence electrons. The molecule has 3 aromatic rings. The lowest BCUT2D eigenvalue weighted by molar-refractivity contribution is -0.137. The standard InChI is InChI=1S/C18H19ClF3N5O/c1-4-11(9-28-3)13-8-23-27-16(13)24-10(2)25-17(27)26-15-6-5-12(7-14(15)19)18(20,21)22/h5-8,11H,4,9H2,1-3H3,(H,24,25,26). The maximum absolute atomic E-state index is 12.8. The van der Waals surface area contributed by atoms with Gasteiger partial charge >= 0.3 is 6.18 Å². The lowest BCUT2D eigenvalue weighted by atomic mass is 10.0. The zero-order chi connectivity index (χ0) is 20.5. The Bertz CT molecular complexity index is 989. The Morgan fingerprint density at radius 2 is 2.04 bits per heavy atom. The van der Waals surface area contributed by atoms with Crippen LogP contribution in [0, 0.1) is 6.92 Å². The van der Waals surface area contributed by atoms with E-state index >= 15 is 0 Å². The molecule has 0 saturated heterocycles. The van der Waals surface area contributed by atoms with Crippen LogP contribution in [0.3, 0.4) is 0 Å². The molecule has 28 heavy (non-hydrogen) atoms. The fourth-order valence-corrected chi connectivity index (χ4v) is 3.14. The molecule has 1 atom stereocenters. The predicted molar refractivity (Wildman–Crippen MR) is 100 cm³/mol. The second-order valence-electron chi connectivity index (χ2n) is 6.31. The van der Waals surface area contributed by atoms with E-state index in [0.717, 1.165) is 24.1 Å². The van der Waals surface area contributed by atoms with Crippen LogP contribution in [0.15, 0.2) is 24.4 Å². The van der Waals surface area contributed by atoms with Crippen molar-refractivity contribution in [2.45, 2.75) is 32.4 Å². The first-order chi connectivity index (χ1) is 13.2. The Kier molecular flexibility index (Phi) is 5.76. The van der Waals surface area contributed by atoms with Crippen LogP contribution in [0.5, 0.6) is 0 Å². The third-order valence-corrected chi connectivity index (χ3v) is 4.66. The Balaban J connectivity index is 2.01. The molecule has 1 aromatic carbocycles. The number of anilines is 2. The average Bonchev–Trinajstić information content (AvgIpc) is 3.04. The molecule has 3 rings (SSSR count). The Hall–Kier alpha value is -2.39. The minimum Gasteiger partial charge on any atom is -0.384 e. The van der Waals surface area contributed by atoms with Gasteiger partial charge in [0.05, 0.1) is 29.1 Å². The number of hydrogen-bond donors (Lipinski definition) is 1. The number of nitrogens with one attached hydrogen (secondary N) is 1. The van der Waals surface area contributed by atoms with Crippen molar-refractivity contribution in [3.05, 3.63) is 46.4 Å². The summed E-state index contributed by atoms with van der Waals surface area (Å²) >= 11 is 6.04. The number of ether oxygens (including phenoxy) is 1. The van der Waals surface area contributed by atoms with Crippen LogP contribution >= 0.6 is 11.6 Å². The van der Waals surface area contributed by atoms with E-state index < -0.39 is 11.7 Å². The number of alkyl halides is 3. The van der Waals surface area contributed by atoms with Gasteiger partial charge in [0.1, 0.15) is 5.82 Å². The quantitative estimate of drug-likeness (QED) is 0.616. The molecule has 0 aliphatic rings. The summed E-state index contributed by atoms with van der Waals surface area (Å²) in [5.41, 5.74) is 0.993. The molecule has 0 spiro atoms. The number of aryl methyl sites for hydroxylation is 1. The van der Waals surface area contributed by atoms with Crippen molar-refractivity contribution in [2.24, 2.45) is 0 Å².